The average Bonchev–Trinajstić information content (AvgIpc) is 3.28. The van der Waals surface area contributed by atoms with E-state index in [1.807, 2.05) is 0 Å². The van der Waals surface area contributed by atoms with Crippen LogP contribution in [0.2, 0.25) is 0 Å². The van der Waals surface area contributed by atoms with Crippen molar-refractivity contribution in [2.24, 2.45) is 5.73 Å². The number of hydrogen-bond donors (Lipinski definition) is 2. The van der Waals surface area contributed by atoms with Gasteiger partial charge in [-0.05, 0) is 70.5 Å². The van der Waals surface area contributed by atoms with Crippen LogP contribution in [0.25, 0.3) is 43.4 Å². The van der Waals surface area contributed by atoms with Gasteiger partial charge in [0.2, 0.25) is 0 Å². The molecule has 7 rings (SSSR count). The Kier molecular flexibility index (Phi) is 5.12. The van der Waals surface area contributed by atoms with Gasteiger partial charge in [-0.25, -0.2) is 0 Å². The third-order valence-electron chi connectivity index (χ3n) is 7.67. The smallest absolute Gasteiger partial charge is 0.0464 e. The van der Waals surface area contributed by atoms with Crippen LogP contribution in [0.15, 0.2) is 97.1 Å². The highest BCUT2D eigenvalue weighted by molar-refractivity contribution is 6.09. The number of fused-ring (bicyclic) bond motifs is 8. The lowest BCUT2D eigenvalue weighted by atomic mass is 9.74. The molecule has 1 unspecified atom stereocenters. The maximum atomic E-state index is 6.67. The summed E-state index contributed by atoms with van der Waals surface area (Å²) < 4.78 is 0. The van der Waals surface area contributed by atoms with Gasteiger partial charge in [0.05, 0.1) is 0 Å². The fraction of sp³-hybridized carbons (Fsp3) is 0.188. The first-order chi connectivity index (χ1) is 16.7. The molecular formula is C32H30N2. The zero-order valence-electron chi connectivity index (χ0n) is 19.6. The van der Waals surface area contributed by atoms with Crippen LogP contribution in [0.5, 0.6) is 0 Å². The molecule has 0 fully saturated rings. The minimum Gasteiger partial charge on any atom is -0.355 e. The summed E-state index contributed by atoms with van der Waals surface area (Å²) in [5.74, 6) is 0. The molecule has 168 valence electrons. The molecule has 1 heterocycles. The first-order valence-electron chi connectivity index (χ1n) is 12.4. The van der Waals surface area contributed by atoms with Crippen LogP contribution in [0.1, 0.15) is 37.3 Å². The van der Waals surface area contributed by atoms with Crippen LogP contribution in [0, 0.1) is 0 Å². The first-order valence-corrected chi connectivity index (χ1v) is 12.4. The van der Waals surface area contributed by atoms with Crippen molar-refractivity contribution >= 4 is 43.4 Å². The number of rotatable bonds is 1. The summed E-state index contributed by atoms with van der Waals surface area (Å²) in [7, 11) is 0. The van der Waals surface area contributed by atoms with Crippen LogP contribution in [0.3, 0.4) is 0 Å². The van der Waals surface area contributed by atoms with Gasteiger partial charge in [0.15, 0.2) is 0 Å². The molecule has 0 radical (unpaired) electrons. The molecule has 5 aromatic carbocycles. The highest BCUT2D eigenvalue weighted by Gasteiger charge is 2.31. The number of aromatic nitrogens is 1. The van der Waals surface area contributed by atoms with Gasteiger partial charge >= 0.3 is 0 Å². The Bertz CT molecular complexity index is 1590. The summed E-state index contributed by atoms with van der Waals surface area (Å²) in [5.41, 5.74) is 11.8. The lowest BCUT2D eigenvalue weighted by Crippen LogP contribution is -2.39. The molecule has 2 nitrogen and oxygen atoms in total. The summed E-state index contributed by atoms with van der Waals surface area (Å²) in [5, 5.41) is 8.04. The van der Waals surface area contributed by atoms with Gasteiger partial charge in [-0.3, -0.25) is 0 Å². The van der Waals surface area contributed by atoms with Gasteiger partial charge in [0.25, 0.3) is 0 Å². The largest absolute Gasteiger partial charge is 0.355 e. The Morgan fingerprint density at radius 3 is 2.00 bits per heavy atom. The molecule has 0 aliphatic heterocycles. The fourth-order valence-corrected chi connectivity index (χ4v) is 5.77. The number of H-pyrrole nitrogens is 1. The second kappa shape index (κ2) is 8.30. The van der Waals surface area contributed by atoms with Crippen LogP contribution in [-0.2, 0) is 12.0 Å². The fourth-order valence-electron chi connectivity index (χ4n) is 5.77. The number of aromatic amines is 1. The van der Waals surface area contributed by atoms with E-state index in [0.717, 1.165) is 19.3 Å². The molecule has 2 heteroatoms. The molecule has 1 aliphatic rings. The van der Waals surface area contributed by atoms with E-state index in [2.05, 4.69) is 109 Å². The van der Waals surface area contributed by atoms with Crippen LogP contribution in [-0.4, -0.2) is 4.98 Å². The van der Waals surface area contributed by atoms with Crippen molar-refractivity contribution < 1.29 is 0 Å². The van der Waals surface area contributed by atoms with Gasteiger partial charge in [0.1, 0.15) is 0 Å². The number of hydrogen-bond acceptors (Lipinski definition) is 1. The van der Waals surface area contributed by atoms with Gasteiger partial charge in [-0.2, -0.15) is 0 Å². The predicted molar refractivity (Wildman–Crippen MR) is 146 cm³/mol. The van der Waals surface area contributed by atoms with E-state index >= 15 is 0 Å². The van der Waals surface area contributed by atoms with Crippen molar-refractivity contribution in [3.63, 3.8) is 0 Å². The normalized spacial score (nSPS) is 17.6. The van der Waals surface area contributed by atoms with E-state index in [-0.39, 0.29) is 5.54 Å². The minimum atomic E-state index is -0.132. The van der Waals surface area contributed by atoms with Crippen molar-refractivity contribution in [1.82, 2.24) is 4.98 Å². The second-order valence-electron chi connectivity index (χ2n) is 9.55. The van der Waals surface area contributed by atoms with Crippen molar-refractivity contribution in [3.8, 4) is 0 Å². The Morgan fingerprint density at radius 1 is 0.676 bits per heavy atom. The molecular weight excluding hydrogens is 412 g/mol. The Morgan fingerprint density at radius 2 is 1.29 bits per heavy atom. The summed E-state index contributed by atoms with van der Waals surface area (Å²) in [4.78, 5) is 3.38. The van der Waals surface area contributed by atoms with Crippen molar-refractivity contribution in [3.05, 3.63) is 108 Å². The number of nitrogens with one attached hydrogen (secondary N) is 1. The zero-order valence-corrected chi connectivity index (χ0v) is 19.6. The molecule has 0 spiro atoms. The Balaban J connectivity index is 0.000000143. The molecule has 0 amide bonds. The molecule has 6 aromatic rings. The van der Waals surface area contributed by atoms with Crippen molar-refractivity contribution in [1.29, 1.82) is 0 Å². The van der Waals surface area contributed by atoms with Gasteiger partial charge < -0.3 is 10.7 Å². The third kappa shape index (κ3) is 3.38. The van der Waals surface area contributed by atoms with Crippen LogP contribution < -0.4 is 5.73 Å². The van der Waals surface area contributed by atoms with Crippen LogP contribution >= 0.6 is 0 Å². The number of aryl methyl sites for hydroxylation is 1. The summed E-state index contributed by atoms with van der Waals surface area (Å²) >= 11 is 0. The maximum Gasteiger partial charge on any atom is 0.0464 e. The van der Waals surface area contributed by atoms with Gasteiger partial charge in [-0.15, -0.1) is 0 Å². The molecule has 1 atom stereocenters. The van der Waals surface area contributed by atoms with Gasteiger partial charge in [0, 0.05) is 27.3 Å². The molecule has 34 heavy (non-hydrogen) atoms. The average molecular weight is 443 g/mol. The number of nitrogens with two attached hydrogens (primary N) is 1. The zero-order chi connectivity index (χ0) is 23.1. The summed E-state index contributed by atoms with van der Waals surface area (Å²) in [6, 6.07) is 34.5. The van der Waals surface area contributed by atoms with Gasteiger partial charge in [-0.1, -0.05) is 91.9 Å². The third-order valence-corrected chi connectivity index (χ3v) is 7.67. The second-order valence-corrected chi connectivity index (χ2v) is 9.55. The molecule has 0 saturated carbocycles. The highest BCUT2D eigenvalue weighted by Crippen LogP contribution is 2.40. The summed E-state index contributed by atoms with van der Waals surface area (Å²) in [6.07, 6.45) is 4.47. The lowest BCUT2D eigenvalue weighted by Gasteiger charge is -2.35. The quantitative estimate of drug-likeness (QED) is 0.247. The Labute approximate surface area is 200 Å². The van der Waals surface area contributed by atoms with E-state index in [1.165, 1.54) is 60.9 Å². The summed E-state index contributed by atoms with van der Waals surface area (Å²) in [6.45, 7) is 2.21. The maximum absolute atomic E-state index is 6.67. The van der Waals surface area contributed by atoms with Crippen molar-refractivity contribution in [2.45, 2.75) is 38.1 Å². The van der Waals surface area contributed by atoms with E-state index in [1.54, 1.807) is 0 Å². The first kappa shape index (κ1) is 20.9. The highest BCUT2D eigenvalue weighted by atomic mass is 14.7. The van der Waals surface area contributed by atoms with Crippen LogP contribution in [0.4, 0.5) is 0 Å². The molecule has 1 aliphatic carbocycles. The number of benzene rings is 5. The monoisotopic (exact) mass is 442 g/mol. The minimum absolute atomic E-state index is 0.132. The predicted octanol–water partition coefficient (Wildman–Crippen LogP) is 8.21. The lowest BCUT2D eigenvalue weighted by molar-refractivity contribution is 0.361. The van der Waals surface area contributed by atoms with E-state index in [4.69, 9.17) is 5.73 Å². The molecule has 1 aromatic heterocycles. The van der Waals surface area contributed by atoms with Crippen molar-refractivity contribution in [2.75, 3.05) is 0 Å². The molecule has 0 saturated heterocycles. The number of para-hydroxylation sites is 2. The topological polar surface area (TPSA) is 41.8 Å². The van der Waals surface area contributed by atoms with E-state index < -0.39 is 0 Å². The SMILES string of the molecule is CCC1(N)CCCc2c1ccc1c2ccc2ccccc21.c1ccc2c(c1)[nH]c1ccccc12. The standard InChI is InChI=1S/C20H21N.C12H9N/c1-2-20(21)13-5-8-18-17-10-9-14-6-3-4-7-15(14)16(17)11-12-19(18)20;1-3-7-11-9(5-1)10-6-2-4-8-12(10)13-11/h3-4,6-7,9-12H,2,5,8,13,21H2,1H3;1-8,13H. The van der Waals surface area contributed by atoms with E-state index in [0.29, 0.717) is 0 Å². The Hall–Kier alpha value is -3.62. The molecule has 0 bridgehead atoms. The van der Waals surface area contributed by atoms with E-state index in [9.17, 15) is 0 Å². The molecule has 3 N–H and O–H groups in total.